The van der Waals surface area contributed by atoms with E-state index in [1.54, 1.807) is 6.07 Å². The largest absolute Gasteiger partial charge is 0.495 e. The van der Waals surface area contributed by atoms with Crippen molar-refractivity contribution in [1.29, 1.82) is 0 Å². The molecule has 1 unspecified atom stereocenters. The van der Waals surface area contributed by atoms with Crippen molar-refractivity contribution in [3.63, 3.8) is 0 Å². The second-order valence-corrected chi connectivity index (χ2v) is 3.37. The van der Waals surface area contributed by atoms with Crippen LogP contribution < -0.4 is 10.5 Å². The van der Waals surface area contributed by atoms with Crippen molar-refractivity contribution >= 4 is 17.4 Å². The number of hydrogen-bond acceptors (Lipinski definition) is 4. The summed E-state index contributed by atoms with van der Waals surface area (Å²) < 4.78 is 4.94. The van der Waals surface area contributed by atoms with Gasteiger partial charge in [-0.3, -0.25) is 4.79 Å². The zero-order chi connectivity index (χ0) is 11.4. The van der Waals surface area contributed by atoms with Gasteiger partial charge in [-0.25, -0.2) is 0 Å². The summed E-state index contributed by atoms with van der Waals surface area (Å²) in [5.41, 5.74) is 5.49. The summed E-state index contributed by atoms with van der Waals surface area (Å²) >= 11 is 5.83. The molecule has 0 aromatic heterocycles. The monoisotopic (exact) mass is 229 g/mol. The number of aliphatic hydroxyl groups is 1. The molecule has 0 saturated heterocycles. The molecule has 4 nitrogen and oxygen atoms in total. The van der Waals surface area contributed by atoms with Gasteiger partial charge in [-0.15, -0.1) is 0 Å². The van der Waals surface area contributed by atoms with Crippen molar-refractivity contribution in [2.45, 2.75) is 6.10 Å². The Morgan fingerprint density at radius 1 is 1.67 bits per heavy atom. The van der Waals surface area contributed by atoms with Crippen LogP contribution in [-0.2, 0) is 0 Å². The molecule has 82 valence electrons. The minimum Gasteiger partial charge on any atom is -0.495 e. The Bertz CT molecular complexity index is 368. The number of ketones is 1. The molecule has 1 atom stereocenters. The molecule has 1 aromatic carbocycles. The quantitative estimate of drug-likeness (QED) is 0.751. The number of carbonyl (C=O) groups is 1. The standard InChI is InChI=1S/C10H12ClNO3/c1-15-9-3-2-6(4-7(9)11)10(14)8(13)5-12/h2-4,8,13H,5,12H2,1H3. The zero-order valence-electron chi connectivity index (χ0n) is 8.24. The van der Waals surface area contributed by atoms with E-state index in [1.807, 2.05) is 0 Å². The number of methoxy groups -OCH3 is 1. The maximum atomic E-state index is 11.5. The van der Waals surface area contributed by atoms with Crippen LogP contribution in [0, 0.1) is 0 Å². The summed E-state index contributed by atoms with van der Waals surface area (Å²) in [6.45, 7) is -0.109. The third kappa shape index (κ3) is 2.68. The van der Waals surface area contributed by atoms with Crippen LogP contribution in [0.5, 0.6) is 5.75 Å². The highest BCUT2D eigenvalue weighted by atomic mass is 35.5. The summed E-state index contributed by atoms with van der Waals surface area (Å²) in [5, 5.41) is 9.57. The van der Waals surface area contributed by atoms with Gasteiger partial charge >= 0.3 is 0 Å². The Hall–Kier alpha value is -1.10. The first-order valence-electron chi connectivity index (χ1n) is 4.36. The molecule has 5 heteroatoms. The van der Waals surface area contributed by atoms with Crippen LogP contribution in [0.15, 0.2) is 18.2 Å². The van der Waals surface area contributed by atoms with Gasteiger partial charge in [-0.2, -0.15) is 0 Å². The summed E-state index contributed by atoms with van der Waals surface area (Å²) in [4.78, 5) is 11.5. The van der Waals surface area contributed by atoms with Crippen LogP contribution in [0.4, 0.5) is 0 Å². The van der Waals surface area contributed by atoms with Crippen molar-refractivity contribution < 1.29 is 14.6 Å². The van der Waals surface area contributed by atoms with Crippen LogP contribution in [-0.4, -0.2) is 30.6 Å². The van der Waals surface area contributed by atoms with E-state index in [-0.39, 0.29) is 6.54 Å². The predicted molar refractivity (Wildman–Crippen MR) is 57.4 cm³/mol. The van der Waals surface area contributed by atoms with E-state index in [9.17, 15) is 9.90 Å². The highest BCUT2D eigenvalue weighted by Crippen LogP contribution is 2.25. The lowest BCUT2D eigenvalue weighted by atomic mass is 10.1. The van der Waals surface area contributed by atoms with Crippen molar-refractivity contribution in [1.82, 2.24) is 0 Å². The fourth-order valence-corrected chi connectivity index (χ4v) is 1.38. The maximum absolute atomic E-state index is 11.5. The number of ether oxygens (including phenoxy) is 1. The summed E-state index contributed by atoms with van der Waals surface area (Å²) in [5.74, 6) is 0.0394. The fraction of sp³-hybridized carbons (Fsp3) is 0.300. The van der Waals surface area contributed by atoms with Crippen LogP contribution >= 0.6 is 11.6 Å². The highest BCUT2D eigenvalue weighted by molar-refractivity contribution is 6.32. The first kappa shape index (κ1) is 12.0. The molecular formula is C10H12ClNO3. The Labute approximate surface area is 92.6 Å². The zero-order valence-corrected chi connectivity index (χ0v) is 8.99. The van der Waals surface area contributed by atoms with Gasteiger partial charge < -0.3 is 15.6 Å². The Morgan fingerprint density at radius 2 is 2.33 bits per heavy atom. The first-order valence-corrected chi connectivity index (χ1v) is 4.73. The highest BCUT2D eigenvalue weighted by Gasteiger charge is 2.16. The molecule has 0 aliphatic heterocycles. The molecule has 0 radical (unpaired) electrons. The van der Waals surface area contributed by atoms with E-state index < -0.39 is 11.9 Å². The number of aliphatic hydroxyl groups excluding tert-OH is 1. The number of halogens is 1. The number of Topliss-reactive ketones (excluding diaryl/α,β-unsaturated/α-hetero) is 1. The second kappa shape index (κ2) is 5.11. The summed E-state index contributed by atoms with van der Waals surface area (Å²) in [7, 11) is 1.48. The summed E-state index contributed by atoms with van der Waals surface area (Å²) in [6.07, 6.45) is -1.19. The molecule has 0 aliphatic rings. The SMILES string of the molecule is COc1ccc(C(=O)C(O)CN)cc1Cl. The number of benzene rings is 1. The molecule has 1 rings (SSSR count). The number of nitrogens with two attached hydrogens (primary N) is 1. The lowest BCUT2D eigenvalue weighted by Gasteiger charge is -2.08. The molecule has 0 amide bonds. The van der Waals surface area contributed by atoms with Crippen LogP contribution in [0.2, 0.25) is 5.02 Å². The minimum atomic E-state index is -1.19. The van der Waals surface area contributed by atoms with Crippen molar-refractivity contribution in [3.05, 3.63) is 28.8 Å². The molecular weight excluding hydrogens is 218 g/mol. The van der Waals surface area contributed by atoms with E-state index in [0.29, 0.717) is 16.3 Å². The van der Waals surface area contributed by atoms with E-state index >= 15 is 0 Å². The van der Waals surface area contributed by atoms with Crippen molar-refractivity contribution in [2.75, 3.05) is 13.7 Å². The van der Waals surface area contributed by atoms with Gasteiger partial charge in [0.05, 0.1) is 12.1 Å². The third-order valence-corrected chi connectivity index (χ3v) is 2.26. The lowest BCUT2D eigenvalue weighted by molar-refractivity contribution is 0.0763. The number of carbonyl (C=O) groups excluding carboxylic acids is 1. The third-order valence-electron chi connectivity index (χ3n) is 1.96. The first-order chi connectivity index (χ1) is 7.10. The van der Waals surface area contributed by atoms with Gasteiger partial charge in [0.25, 0.3) is 0 Å². The maximum Gasteiger partial charge on any atom is 0.192 e. The van der Waals surface area contributed by atoms with Crippen molar-refractivity contribution in [2.24, 2.45) is 5.73 Å². The molecule has 0 fully saturated rings. The molecule has 0 spiro atoms. The van der Waals surface area contributed by atoms with Crippen LogP contribution in [0.3, 0.4) is 0 Å². The Kier molecular flexibility index (Phi) is 4.08. The lowest BCUT2D eigenvalue weighted by Crippen LogP contribution is -2.29. The van der Waals surface area contributed by atoms with E-state index in [1.165, 1.54) is 19.2 Å². The topological polar surface area (TPSA) is 72.5 Å². The van der Waals surface area contributed by atoms with Crippen LogP contribution in [0.1, 0.15) is 10.4 Å². The van der Waals surface area contributed by atoms with Crippen molar-refractivity contribution in [3.8, 4) is 5.75 Å². The Balaban J connectivity index is 2.97. The number of rotatable bonds is 4. The normalized spacial score (nSPS) is 12.3. The van der Waals surface area contributed by atoms with E-state index in [4.69, 9.17) is 22.1 Å². The van der Waals surface area contributed by atoms with E-state index in [2.05, 4.69) is 0 Å². The molecule has 0 saturated carbocycles. The molecule has 0 bridgehead atoms. The summed E-state index contributed by atoms with van der Waals surface area (Å²) in [6, 6.07) is 4.55. The molecule has 15 heavy (non-hydrogen) atoms. The van der Waals surface area contributed by atoms with E-state index in [0.717, 1.165) is 0 Å². The number of hydrogen-bond donors (Lipinski definition) is 2. The second-order valence-electron chi connectivity index (χ2n) is 2.97. The smallest absolute Gasteiger partial charge is 0.192 e. The molecule has 3 N–H and O–H groups in total. The van der Waals surface area contributed by atoms with Gasteiger partial charge in [0.2, 0.25) is 0 Å². The average molecular weight is 230 g/mol. The minimum absolute atomic E-state index is 0.109. The predicted octanol–water partition coefficient (Wildman–Crippen LogP) is 0.851. The fourth-order valence-electron chi connectivity index (χ4n) is 1.12. The van der Waals surface area contributed by atoms with Crippen LogP contribution in [0.25, 0.3) is 0 Å². The van der Waals surface area contributed by atoms with Gasteiger partial charge in [0.1, 0.15) is 11.9 Å². The molecule has 0 aliphatic carbocycles. The molecule has 0 heterocycles. The van der Waals surface area contributed by atoms with Gasteiger partial charge in [-0.05, 0) is 18.2 Å². The van der Waals surface area contributed by atoms with Gasteiger partial charge in [0, 0.05) is 12.1 Å². The van der Waals surface area contributed by atoms with Gasteiger partial charge in [-0.1, -0.05) is 11.6 Å². The Morgan fingerprint density at radius 3 is 2.80 bits per heavy atom. The van der Waals surface area contributed by atoms with Gasteiger partial charge in [0.15, 0.2) is 5.78 Å². The average Bonchev–Trinajstić information content (AvgIpc) is 2.26. The molecule has 1 aromatic rings.